The first-order valence-electron chi connectivity index (χ1n) is 14.0. The molecule has 7 heteroatoms. The number of fused-ring (bicyclic) bond motifs is 3. The van der Waals surface area contributed by atoms with Gasteiger partial charge in [0, 0.05) is 30.5 Å². The van der Waals surface area contributed by atoms with Gasteiger partial charge >= 0.3 is 5.97 Å². The lowest BCUT2D eigenvalue weighted by Crippen LogP contribution is -3.00. The minimum atomic E-state index is -0.741. The first-order valence-corrected chi connectivity index (χ1v) is 14.0. The predicted octanol–water partition coefficient (Wildman–Crippen LogP) is 1.93. The Bertz CT molecular complexity index is 1200. The summed E-state index contributed by atoms with van der Waals surface area (Å²) in [7, 11) is 0. The molecule has 6 nitrogen and oxygen atoms in total. The number of carbonyl (C=O) groups excluding carboxylic acids is 1. The van der Waals surface area contributed by atoms with Crippen LogP contribution >= 0.6 is 0 Å². The van der Waals surface area contributed by atoms with Crippen LogP contribution in [0.2, 0.25) is 0 Å². The molecule has 3 aromatic rings. The molecule has 0 saturated carbocycles. The summed E-state index contributed by atoms with van der Waals surface area (Å²) in [5.41, 5.74) is 2.63. The van der Waals surface area contributed by atoms with Crippen LogP contribution in [0.1, 0.15) is 50.2 Å². The number of ether oxygens (including phenoxy) is 1. The van der Waals surface area contributed by atoms with Gasteiger partial charge in [-0.1, -0.05) is 55.0 Å². The Morgan fingerprint density at radius 3 is 2.34 bits per heavy atom. The molecule has 0 amide bonds. The summed E-state index contributed by atoms with van der Waals surface area (Å²) < 4.78 is 9.47. The van der Waals surface area contributed by atoms with Crippen molar-refractivity contribution in [2.75, 3.05) is 32.7 Å². The first kappa shape index (κ1) is 26.9. The van der Waals surface area contributed by atoms with E-state index in [2.05, 4.69) is 47.4 Å². The summed E-state index contributed by atoms with van der Waals surface area (Å²) in [4.78, 5) is 16.4. The van der Waals surface area contributed by atoms with E-state index in [9.17, 15) is 4.79 Å². The van der Waals surface area contributed by atoms with Crippen molar-refractivity contribution in [3.05, 3.63) is 84.2 Å². The quantitative estimate of drug-likeness (QED) is 0.343. The van der Waals surface area contributed by atoms with E-state index in [1.54, 1.807) is 0 Å². The molecule has 4 saturated heterocycles. The van der Waals surface area contributed by atoms with Crippen molar-refractivity contribution in [2.24, 2.45) is 5.92 Å². The number of likely N-dealkylation sites (tertiary alicyclic amines) is 1. The normalized spacial score (nSPS) is 26.8. The fourth-order valence-electron chi connectivity index (χ4n) is 6.91. The first-order chi connectivity index (χ1) is 18.1. The van der Waals surface area contributed by atoms with E-state index >= 15 is 0 Å². The lowest BCUT2D eigenvalue weighted by molar-refractivity contribution is -0.958. The molecule has 0 N–H and O–H groups in total. The SMILES string of the molecule is C[C@](C(=O)O[C@H]1C[N+]2(Cc3cnn(-c4ccccc4)c3)CCC1CC2)(c1ccccc1)N1CCCCC1.[Cl-]. The standard InChI is InChI=1S/C31H39N4O2.ClH/c1-31(27-11-5-2-6-12-27,33-17-9-4-10-18-33)30(36)37-29-24-35(19-15-26(29)16-20-35)23-25-21-32-34(22-25)28-13-7-3-8-14-28;/h2-3,5-8,11-14,21-22,26,29H,4,9-10,15-20,23-24H2,1H3;1H/q+1;/p-1/t26?,29-,31+,35?;/m0./s1. The Kier molecular flexibility index (Phi) is 7.94. The Morgan fingerprint density at radius 2 is 1.66 bits per heavy atom. The van der Waals surface area contributed by atoms with Crippen molar-refractivity contribution in [3.63, 3.8) is 0 Å². The summed E-state index contributed by atoms with van der Waals surface area (Å²) in [6.45, 7) is 8.11. The molecular formula is C31H39ClN4O2. The third-order valence-electron chi connectivity index (χ3n) is 9.20. The molecule has 0 spiro atoms. The zero-order valence-corrected chi connectivity index (χ0v) is 23.1. The van der Waals surface area contributed by atoms with Crippen LogP contribution in [0.25, 0.3) is 5.69 Å². The van der Waals surface area contributed by atoms with Crippen LogP contribution in [-0.4, -0.2) is 64.0 Å². The topological polar surface area (TPSA) is 47.4 Å². The van der Waals surface area contributed by atoms with E-state index in [0.29, 0.717) is 5.92 Å². The number of hydrogen-bond donors (Lipinski definition) is 0. The molecule has 0 aliphatic carbocycles. The maximum atomic E-state index is 14.0. The number of hydrogen-bond acceptors (Lipinski definition) is 4. The van der Waals surface area contributed by atoms with Gasteiger partial charge in [0.15, 0.2) is 6.10 Å². The minimum Gasteiger partial charge on any atom is -1.00 e. The Hall–Kier alpha value is -2.67. The van der Waals surface area contributed by atoms with Gasteiger partial charge in [0.1, 0.15) is 18.6 Å². The lowest BCUT2D eigenvalue weighted by atomic mass is 9.82. The summed E-state index contributed by atoms with van der Waals surface area (Å²) >= 11 is 0. The molecule has 38 heavy (non-hydrogen) atoms. The van der Waals surface area contributed by atoms with Crippen molar-refractivity contribution >= 4 is 5.97 Å². The van der Waals surface area contributed by atoms with E-state index in [1.165, 1.54) is 12.0 Å². The minimum absolute atomic E-state index is 0. The largest absolute Gasteiger partial charge is 1.00 e. The van der Waals surface area contributed by atoms with Gasteiger partial charge in [-0.15, -0.1) is 0 Å². The fraction of sp³-hybridized carbons (Fsp3) is 0.484. The van der Waals surface area contributed by atoms with Crippen molar-refractivity contribution in [3.8, 4) is 5.69 Å². The highest BCUT2D eigenvalue weighted by atomic mass is 35.5. The molecule has 4 aliphatic heterocycles. The van der Waals surface area contributed by atoms with E-state index in [4.69, 9.17) is 4.74 Å². The van der Waals surface area contributed by atoms with Gasteiger partial charge in [0.2, 0.25) is 0 Å². The van der Waals surface area contributed by atoms with Gasteiger partial charge < -0.3 is 21.6 Å². The summed E-state index contributed by atoms with van der Waals surface area (Å²) in [6, 6.07) is 20.5. The van der Waals surface area contributed by atoms with Crippen LogP contribution in [0, 0.1) is 5.92 Å². The molecule has 7 rings (SSSR count). The molecule has 2 aromatic carbocycles. The molecule has 4 fully saturated rings. The van der Waals surface area contributed by atoms with E-state index in [0.717, 1.165) is 80.7 Å². The highest BCUT2D eigenvalue weighted by molar-refractivity contribution is 5.82. The van der Waals surface area contributed by atoms with Gasteiger partial charge in [0.05, 0.1) is 25.0 Å². The summed E-state index contributed by atoms with van der Waals surface area (Å²) in [6.07, 6.45) is 9.90. The Morgan fingerprint density at radius 1 is 1.00 bits per heavy atom. The molecule has 4 aliphatic rings. The third-order valence-corrected chi connectivity index (χ3v) is 9.20. The second-order valence-corrected chi connectivity index (χ2v) is 11.5. The number of rotatable bonds is 7. The van der Waals surface area contributed by atoms with Crippen molar-refractivity contribution in [1.82, 2.24) is 14.7 Å². The molecule has 202 valence electrons. The number of quaternary nitrogens is 1. The number of halogens is 1. The van der Waals surface area contributed by atoms with Crippen molar-refractivity contribution in [2.45, 2.75) is 57.2 Å². The molecule has 2 atom stereocenters. The highest BCUT2D eigenvalue weighted by Gasteiger charge is 2.50. The van der Waals surface area contributed by atoms with Crippen LogP contribution in [-0.2, 0) is 21.6 Å². The van der Waals surface area contributed by atoms with Gasteiger partial charge in [-0.3, -0.25) is 4.90 Å². The number of aromatic nitrogens is 2. The van der Waals surface area contributed by atoms with Crippen molar-refractivity contribution < 1.29 is 26.4 Å². The summed E-state index contributed by atoms with van der Waals surface area (Å²) in [5.74, 6) is 0.395. The molecule has 0 unspecified atom stereocenters. The number of esters is 1. The third kappa shape index (κ3) is 5.14. The highest BCUT2D eigenvalue weighted by Crippen LogP contribution is 2.39. The monoisotopic (exact) mass is 534 g/mol. The number of para-hydroxylation sites is 1. The van der Waals surface area contributed by atoms with Crippen LogP contribution in [0.15, 0.2) is 73.1 Å². The number of nitrogens with zero attached hydrogens (tertiary/aromatic N) is 4. The lowest BCUT2D eigenvalue weighted by Gasteiger charge is -2.52. The Balaban J connectivity index is 0.00000294. The zero-order valence-electron chi connectivity index (χ0n) is 22.3. The zero-order chi connectivity index (χ0) is 25.3. The average Bonchev–Trinajstić information content (AvgIpc) is 3.42. The Labute approximate surface area is 232 Å². The van der Waals surface area contributed by atoms with Gasteiger partial charge in [-0.25, -0.2) is 9.48 Å². The maximum absolute atomic E-state index is 14.0. The average molecular weight is 535 g/mol. The van der Waals surface area contributed by atoms with E-state index < -0.39 is 5.54 Å². The van der Waals surface area contributed by atoms with E-state index in [1.807, 2.05) is 47.3 Å². The van der Waals surface area contributed by atoms with Gasteiger partial charge in [-0.05, 0) is 50.6 Å². The van der Waals surface area contributed by atoms with Crippen molar-refractivity contribution in [1.29, 1.82) is 0 Å². The van der Waals surface area contributed by atoms with Gasteiger partial charge in [-0.2, -0.15) is 5.10 Å². The predicted molar refractivity (Wildman–Crippen MR) is 144 cm³/mol. The fourth-order valence-corrected chi connectivity index (χ4v) is 6.91. The second-order valence-electron chi connectivity index (χ2n) is 11.5. The molecule has 1 aromatic heterocycles. The molecule has 2 bridgehead atoms. The van der Waals surface area contributed by atoms with Crippen LogP contribution < -0.4 is 12.4 Å². The smallest absolute Gasteiger partial charge is 0.331 e. The van der Waals surface area contributed by atoms with E-state index in [-0.39, 0.29) is 24.5 Å². The molecule has 5 heterocycles. The summed E-state index contributed by atoms with van der Waals surface area (Å²) in [5, 5.41) is 4.63. The maximum Gasteiger partial charge on any atom is 0.331 e. The molecular weight excluding hydrogens is 496 g/mol. The van der Waals surface area contributed by atoms with Crippen LogP contribution in [0.3, 0.4) is 0 Å². The number of benzene rings is 2. The molecule has 0 radical (unpaired) electrons. The number of carbonyl (C=O) groups is 1. The van der Waals surface area contributed by atoms with Crippen LogP contribution in [0.4, 0.5) is 0 Å². The number of piperidine rings is 4. The van der Waals surface area contributed by atoms with Crippen LogP contribution in [0.5, 0.6) is 0 Å². The second kappa shape index (κ2) is 11.2. The van der Waals surface area contributed by atoms with Gasteiger partial charge in [0.25, 0.3) is 0 Å².